The Kier molecular flexibility index (Phi) is 5.51. The van der Waals surface area contributed by atoms with Crippen molar-refractivity contribution in [1.82, 2.24) is 14.5 Å². The molecule has 0 aliphatic heterocycles. The lowest BCUT2D eigenvalue weighted by molar-refractivity contribution is 0.267. The van der Waals surface area contributed by atoms with Crippen molar-refractivity contribution in [2.45, 2.75) is 45.6 Å². The number of hydrogen-bond acceptors (Lipinski definition) is 4. The third-order valence-corrected chi connectivity index (χ3v) is 4.62. The van der Waals surface area contributed by atoms with Gasteiger partial charge in [-0.2, -0.15) is 5.10 Å². The van der Waals surface area contributed by atoms with Crippen LogP contribution in [0.2, 0.25) is 0 Å². The van der Waals surface area contributed by atoms with Crippen LogP contribution in [0.25, 0.3) is 0 Å². The van der Waals surface area contributed by atoms with E-state index in [4.69, 9.17) is 5.11 Å². The number of nitrogens with zero attached hydrogens (tertiary/aromatic N) is 2. The number of hydrogen-bond donors (Lipinski definition) is 2. The van der Waals surface area contributed by atoms with Gasteiger partial charge in [0, 0.05) is 6.54 Å². The summed E-state index contributed by atoms with van der Waals surface area (Å²) in [5.74, 6) is 0.446. The van der Waals surface area contributed by atoms with Crippen molar-refractivity contribution in [3.8, 4) is 0 Å². The van der Waals surface area contributed by atoms with Crippen LogP contribution in [0.3, 0.4) is 0 Å². The fraction of sp³-hybridized carbons (Fsp3) is 0.750. The molecule has 0 radical (unpaired) electrons. The minimum atomic E-state index is -3.53. The van der Waals surface area contributed by atoms with Crippen molar-refractivity contribution < 1.29 is 13.5 Å². The maximum atomic E-state index is 12.2. The second kappa shape index (κ2) is 6.49. The zero-order valence-corrected chi connectivity index (χ0v) is 12.8. The van der Waals surface area contributed by atoms with Gasteiger partial charge >= 0.3 is 0 Å². The van der Waals surface area contributed by atoms with Gasteiger partial charge in [-0.1, -0.05) is 13.8 Å². The fourth-order valence-electron chi connectivity index (χ4n) is 1.94. The lowest BCUT2D eigenvalue weighted by Crippen LogP contribution is -2.26. The third-order valence-electron chi connectivity index (χ3n) is 2.91. The van der Waals surface area contributed by atoms with Crippen LogP contribution >= 0.6 is 0 Å². The smallest absolute Gasteiger partial charge is 0.244 e. The maximum Gasteiger partial charge on any atom is 0.244 e. The summed E-state index contributed by atoms with van der Waals surface area (Å²) in [4.78, 5) is 0.227. The van der Waals surface area contributed by atoms with Gasteiger partial charge in [-0.3, -0.25) is 4.68 Å². The highest BCUT2D eigenvalue weighted by Crippen LogP contribution is 2.19. The van der Waals surface area contributed by atoms with Crippen LogP contribution in [-0.4, -0.2) is 36.5 Å². The Morgan fingerprint density at radius 2 is 2.00 bits per heavy atom. The topological polar surface area (TPSA) is 84.2 Å². The predicted octanol–water partition coefficient (Wildman–Crippen LogP) is 0.817. The number of sulfonamides is 1. The van der Waals surface area contributed by atoms with Crippen LogP contribution in [0.4, 0.5) is 0 Å². The first-order valence-corrected chi connectivity index (χ1v) is 7.92. The van der Waals surface area contributed by atoms with Crippen molar-refractivity contribution in [2.75, 3.05) is 13.2 Å². The molecule has 0 saturated carbocycles. The third kappa shape index (κ3) is 4.02. The van der Waals surface area contributed by atoms with E-state index >= 15 is 0 Å². The van der Waals surface area contributed by atoms with Gasteiger partial charge in [-0.05, 0) is 26.2 Å². The van der Waals surface area contributed by atoms with E-state index in [0.29, 0.717) is 30.4 Å². The lowest BCUT2D eigenvalue weighted by Gasteiger charge is -2.09. The van der Waals surface area contributed by atoms with Crippen molar-refractivity contribution >= 4 is 10.0 Å². The highest BCUT2D eigenvalue weighted by Gasteiger charge is 2.23. The molecule has 0 atom stereocenters. The monoisotopic (exact) mass is 289 g/mol. The van der Waals surface area contributed by atoms with Gasteiger partial charge in [-0.25, -0.2) is 13.1 Å². The summed E-state index contributed by atoms with van der Waals surface area (Å²) in [6.07, 6.45) is 0.794. The molecule has 0 aromatic carbocycles. The van der Waals surface area contributed by atoms with Crippen molar-refractivity contribution in [1.29, 1.82) is 0 Å². The molecule has 0 unspecified atom stereocenters. The second-order valence-corrected chi connectivity index (χ2v) is 6.73. The zero-order valence-electron chi connectivity index (χ0n) is 12.0. The molecule has 0 saturated heterocycles. The minimum Gasteiger partial charge on any atom is -0.394 e. The molecule has 0 spiro atoms. The highest BCUT2D eigenvalue weighted by atomic mass is 32.2. The number of nitrogens with one attached hydrogen (secondary N) is 1. The summed E-state index contributed by atoms with van der Waals surface area (Å²) >= 11 is 0. The van der Waals surface area contributed by atoms with Gasteiger partial charge in [0.1, 0.15) is 4.90 Å². The van der Waals surface area contributed by atoms with Gasteiger partial charge in [-0.15, -0.1) is 0 Å². The largest absolute Gasteiger partial charge is 0.394 e. The van der Waals surface area contributed by atoms with Crippen molar-refractivity contribution in [3.63, 3.8) is 0 Å². The van der Waals surface area contributed by atoms with Gasteiger partial charge < -0.3 is 5.11 Å². The molecule has 1 rings (SSSR count). The average molecular weight is 289 g/mol. The normalized spacial score (nSPS) is 12.3. The van der Waals surface area contributed by atoms with Crippen LogP contribution in [0.5, 0.6) is 0 Å². The van der Waals surface area contributed by atoms with Gasteiger partial charge in [0.25, 0.3) is 0 Å². The second-order valence-electron chi connectivity index (χ2n) is 5.03. The van der Waals surface area contributed by atoms with Crippen LogP contribution in [-0.2, 0) is 16.6 Å². The van der Waals surface area contributed by atoms with Crippen molar-refractivity contribution in [3.05, 3.63) is 11.4 Å². The summed E-state index contributed by atoms with van der Waals surface area (Å²) in [5, 5.41) is 13.1. The Morgan fingerprint density at radius 3 is 2.53 bits per heavy atom. The van der Waals surface area contributed by atoms with Gasteiger partial charge in [0.05, 0.1) is 24.5 Å². The van der Waals surface area contributed by atoms with E-state index in [0.717, 1.165) is 6.42 Å². The van der Waals surface area contributed by atoms with Crippen LogP contribution in [0.1, 0.15) is 31.7 Å². The number of aliphatic hydroxyl groups is 1. The molecule has 0 bridgehead atoms. The summed E-state index contributed by atoms with van der Waals surface area (Å²) in [6, 6.07) is 0. The molecule has 6 nitrogen and oxygen atoms in total. The van der Waals surface area contributed by atoms with Gasteiger partial charge in [0.2, 0.25) is 10.0 Å². The van der Waals surface area contributed by atoms with E-state index in [1.165, 1.54) is 4.68 Å². The maximum absolute atomic E-state index is 12.2. The molecule has 0 fully saturated rings. The van der Waals surface area contributed by atoms with E-state index in [9.17, 15) is 8.42 Å². The molecule has 0 aliphatic carbocycles. The highest BCUT2D eigenvalue weighted by molar-refractivity contribution is 7.89. The number of aryl methyl sites for hydroxylation is 1. The lowest BCUT2D eigenvalue weighted by atomic mass is 10.1. The summed E-state index contributed by atoms with van der Waals surface area (Å²) in [6.45, 7) is 8.11. The molecule has 2 N–H and O–H groups in total. The minimum absolute atomic E-state index is 0.0672. The zero-order chi connectivity index (χ0) is 14.6. The molecular weight excluding hydrogens is 266 g/mol. The summed E-state index contributed by atoms with van der Waals surface area (Å²) in [5.41, 5.74) is 1.02. The summed E-state index contributed by atoms with van der Waals surface area (Å²) < 4.78 is 28.6. The quantitative estimate of drug-likeness (QED) is 0.778. The molecule has 19 heavy (non-hydrogen) atoms. The SMILES string of the molecule is Cc1nn(CCO)c(C)c1S(=O)(=O)NCCC(C)C. The van der Waals surface area contributed by atoms with E-state index < -0.39 is 10.0 Å². The Bertz CT molecular complexity index is 521. The number of aliphatic hydroxyl groups excluding tert-OH is 1. The van der Waals surface area contributed by atoms with Crippen LogP contribution < -0.4 is 4.72 Å². The number of aromatic nitrogens is 2. The number of rotatable bonds is 7. The molecule has 1 aromatic heterocycles. The van der Waals surface area contributed by atoms with E-state index in [2.05, 4.69) is 9.82 Å². The van der Waals surface area contributed by atoms with Crippen LogP contribution in [0.15, 0.2) is 4.90 Å². The Balaban J connectivity index is 2.95. The molecular formula is C12H23N3O3S. The molecule has 0 amide bonds. The molecule has 1 heterocycles. The first-order valence-electron chi connectivity index (χ1n) is 6.44. The van der Waals surface area contributed by atoms with Crippen LogP contribution in [0, 0.1) is 19.8 Å². The molecule has 7 heteroatoms. The van der Waals surface area contributed by atoms with Crippen molar-refractivity contribution in [2.24, 2.45) is 5.92 Å². The molecule has 110 valence electrons. The first-order chi connectivity index (χ1) is 8.79. The van der Waals surface area contributed by atoms with E-state index in [-0.39, 0.29) is 11.5 Å². The summed E-state index contributed by atoms with van der Waals surface area (Å²) in [7, 11) is -3.53. The molecule has 0 aliphatic rings. The Labute approximate surface area is 114 Å². The molecule has 1 aromatic rings. The Morgan fingerprint density at radius 1 is 1.37 bits per heavy atom. The van der Waals surface area contributed by atoms with Gasteiger partial charge in [0.15, 0.2) is 0 Å². The van der Waals surface area contributed by atoms with E-state index in [1.807, 2.05) is 13.8 Å². The predicted molar refractivity (Wildman–Crippen MR) is 73.4 cm³/mol. The average Bonchev–Trinajstić information content (AvgIpc) is 2.54. The fourth-order valence-corrected chi connectivity index (χ4v) is 3.39. The first kappa shape index (κ1) is 16.1. The standard InChI is InChI=1S/C12H23N3O3S/c1-9(2)5-6-13-19(17,18)12-10(3)14-15(7-8-16)11(12)4/h9,13,16H,5-8H2,1-4H3. The van der Waals surface area contributed by atoms with E-state index in [1.54, 1.807) is 13.8 Å². The Hall–Kier alpha value is -0.920.